The summed E-state index contributed by atoms with van der Waals surface area (Å²) in [6, 6.07) is 0. The largest absolute Gasteiger partial charge is 0.462 e. The van der Waals surface area contributed by atoms with Crippen molar-refractivity contribution >= 4 is 17.9 Å². The lowest BCUT2D eigenvalue weighted by Gasteiger charge is -2.18. The fourth-order valence-corrected chi connectivity index (χ4v) is 6.50. The van der Waals surface area contributed by atoms with Crippen LogP contribution in [0, 0.1) is 0 Å². The van der Waals surface area contributed by atoms with E-state index in [0.29, 0.717) is 19.3 Å². The molecule has 6 heteroatoms. The highest BCUT2D eigenvalue weighted by atomic mass is 16.6. The molecule has 62 heavy (non-hydrogen) atoms. The van der Waals surface area contributed by atoms with Crippen LogP contribution >= 0.6 is 0 Å². The molecule has 6 nitrogen and oxygen atoms in total. The second-order valence-corrected chi connectivity index (χ2v) is 16.3. The molecule has 0 saturated carbocycles. The minimum absolute atomic E-state index is 0.110. The summed E-state index contributed by atoms with van der Waals surface area (Å²) < 4.78 is 16.7. The molecule has 0 aromatic carbocycles. The van der Waals surface area contributed by atoms with Crippen molar-refractivity contribution in [1.82, 2.24) is 0 Å². The molecular weight excluding hydrogens is 769 g/mol. The molecule has 0 aliphatic carbocycles. The standard InChI is InChI=1S/C56H92O6/c1-4-7-10-13-16-19-22-24-26-27-28-29-31-32-34-37-40-43-46-49-55(58)61-52-53(51-60-54(57)48-45-42-39-36-21-18-15-12-9-6-3)62-56(59)50-47-44-41-38-35-33-30-25-23-20-17-14-11-8-5-2/h7,10,15-16,18-20,23-24,26,28-29,32,34,40,43,53H,4-6,8-9,11-14,17,21-22,25,27,30-31,33,35-39,41-42,44-52H2,1-3H3/b10-7-,18-15-,19-16-,23-20-,26-24-,29-28-,34-32-,43-40-. The van der Waals surface area contributed by atoms with Gasteiger partial charge in [0.15, 0.2) is 6.10 Å². The fraction of sp³-hybridized carbons (Fsp3) is 0.661. The predicted octanol–water partition coefficient (Wildman–Crippen LogP) is 16.6. The molecule has 0 bridgehead atoms. The smallest absolute Gasteiger partial charge is 0.306 e. The number of carbonyl (C=O) groups excluding carboxylic acids is 3. The van der Waals surface area contributed by atoms with Crippen molar-refractivity contribution in [3.8, 4) is 0 Å². The molecule has 0 heterocycles. The summed E-state index contributed by atoms with van der Waals surface area (Å²) in [5, 5.41) is 0. The van der Waals surface area contributed by atoms with Gasteiger partial charge in [0.25, 0.3) is 0 Å². The quantitative estimate of drug-likeness (QED) is 0.0263. The molecule has 0 N–H and O–H groups in total. The van der Waals surface area contributed by atoms with Crippen LogP contribution in [0.5, 0.6) is 0 Å². The van der Waals surface area contributed by atoms with E-state index in [1.807, 2.05) is 12.2 Å². The zero-order valence-electron chi connectivity index (χ0n) is 40.1. The predicted molar refractivity (Wildman–Crippen MR) is 265 cm³/mol. The summed E-state index contributed by atoms with van der Waals surface area (Å²) in [5.41, 5.74) is 0. The number of ether oxygens (including phenoxy) is 3. The van der Waals surface area contributed by atoms with Gasteiger partial charge in [-0.3, -0.25) is 14.4 Å². The molecule has 0 spiro atoms. The minimum atomic E-state index is -0.814. The molecule has 0 aromatic heterocycles. The van der Waals surface area contributed by atoms with E-state index in [0.717, 1.165) is 96.3 Å². The summed E-state index contributed by atoms with van der Waals surface area (Å²) in [7, 11) is 0. The fourth-order valence-electron chi connectivity index (χ4n) is 6.50. The first-order valence-electron chi connectivity index (χ1n) is 25.2. The van der Waals surface area contributed by atoms with Crippen molar-refractivity contribution in [2.75, 3.05) is 13.2 Å². The second kappa shape index (κ2) is 50.0. The van der Waals surface area contributed by atoms with Gasteiger partial charge in [-0.15, -0.1) is 0 Å². The Morgan fingerprint density at radius 3 is 1.13 bits per heavy atom. The van der Waals surface area contributed by atoms with Crippen LogP contribution in [-0.2, 0) is 28.6 Å². The van der Waals surface area contributed by atoms with E-state index in [9.17, 15) is 14.4 Å². The van der Waals surface area contributed by atoms with Gasteiger partial charge in [-0.05, 0) is 103 Å². The Morgan fingerprint density at radius 1 is 0.339 bits per heavy atom. The van der Waals surface area contributed by atoms with Gasteiger partial charge in [-0.2, -0.15) is 0 Å². The Balaban J connectivity index is 4.49. The van der Waals surface area contributed by atoms with Gasteiger partial charge in [0.05, 0.1) is 0 Å². The summed E-state index contributed by atoms with van der Waals surface area (Å²) >= 11 is 0. The molecular formula is C56H92O6. The average molecular weight is 861 g/mol. The maximum absolute atomic E-state index is 12.8. The molecule has 0 amide bonds. The number of esters is 3. The van der Waals surface area contributed by atoms with Crippen LogP contribution < -0.4 is 0 Å². The molecule has 1 unspecified atom stereocenters. The second-order valence-electron chi connectivity index (χ2n) is 16.3. The van der Waals surface area contributed by atoms with Gasteiger partial charge in [0.2, 0.25) is 0 Å². The van der Waals surface area contributed by atoms with Crippen LogP contribution in [0.1, 0.15) is 220 Å². The van der Waals surface area contributed by atoms with Gasteiger partial charge in [-0.25, -0.2) is 0 Å². The van der Waals surface area contributed by atoms with E-state index in [1.54, 1.807) is 0 Å². The molecule has 0 saturated heterocycles. The maximum atomic E-state index is 12.8. The van der Waals surface area contributed by atoms with Crippen molar-refractivity contribution in [2.45, 2.75) is 226 Å². The third kappa shape index (κ3) is 47.4. The molecule has 0 aromatic rings. The third-order valence-corrected chi connectivity index (χ3v) is 10.3. The van der Waals surface area contributed by atoms with E-state index in [1.165, 1.54) is 77.0 Å². The number of allylic oxidation sites excluding steroid dienone is 16. The Hall–Kier alpha value is -3.67. The number of unbranched alkanes of at least 4 members (excludes halogenated alkanes) is 17. The molecule has 0 aliphatic rings. The zero-order valence-corrected chi connectivity index (χ0v) is 40.1. The van der Waals surface area contributed by atoms with E-state index < -0.39 is 6.10 Å². The molecule has 0 fully saturated rings. The van der Waals surface area contributed by atoms with Gasteiger partial charge in [0.1, 0.15) is 13.2 Å². The number of hydrogen-bond donors (Lipinski definition) is 0. The van der Waals surface area contributed by atoms with Crippen LogP contribution in [0.15, 0.2) is 97.2 Å². The third-order valence-electron chi connectivity index (χ3n) is 10.3. The summed E-state index contributed by atoms with van der Waals surface area (Å²) in [4.78, 5) is 37.9. The summed E-state index contributed by atoms with van der Waals surface area (Å²) in [6.45, 7) is 6.37. The van der Waals surface area contributed by atoms with Crippen LogP contribution in [0.4, 0.5) is 0 Å². The Bertz CT molecular complexity index is 1260. The minimum Gasteiger partial charge on any atom is -0.462 e. The van der Waals surface area contributed by atoms with Crippen molar-refractivity contribution in [3.05, 3.63) is 97.2 Å². The van der Waals surface area contributed by atoms with E-state index in [-0.39, 0.29) is 37.5 Å². The highest BCUT2D eigenvalue weighted by Crippen LogP contribution is 2.13. The Morgan fingerprint density at radius 2 is 0.677 bits per heavy atom. The monoisotopic (exact) mass is 861 g/mol. The van der Waals surface area contributed by atoms with Crippen LogP contribution in [0.3, 0.4) is 0 Å². The van der Waals surface area contributed by atoms with Crippen molar-refractivity contribution in [2.24, 2.45) is 0 Å². The van der Waals surface area contributed by atoms with E-state index in [4.69, 9.17) is 14.2 Å². The molecule has 1 atom stereocenters. The number of hydrogen-bond acceptors (Lipinski definition) is 6. The lowest BCUT2D eigenvalue weighted by atomic mass is 10.1. The van der Waals surface area contributed by atoms with Crippen molar-refractivity contribution < 1.29 is 28.6 Å². The van der Waals surface area contributed by atoms with Gasteiger partial charge in [-0.1, -0.05) is 195 Å². The van der Waals surface area contributed by atoms with E-state index >= 15 is 0 Å². The first-order chi connectivity index (χ1) is 30.5. The van der Waals surface area contributed by atoms with Crippen LogP contribution in [-0.4, -0.2) is 37.2 Å². The summed E-state index contributed by atoms with van der Waals surface area (Å²) in [5.74, 6) is -1.02. The SMILES string of the molecule is CC/C=C\C/C=C\C/C=C\C/C=C\C/C=C\C/C=C\CCC(=O)OCC(COC(=O)CCCCCC/C=C\CCCC)OC(=O)CCCCCCCCC/C=C\CCCCCC. The molecule has 352 valence electrons. The van der Waals surface area contributed by atoms with Crippen LogP contribution in [0.25, 0.3) is 0 Å². The summed E-state index contributed by atoms with van der Waals surface area (Å²) in [6.07, 6.45) is 65.5. The normalized spacial score (nSPS) is 12.9. The van der Waals surface area contributed by atoms with E-state index in [2.05, 4.69) is 106 Å². The van der Waals surface area contributed by atoms with Crippen molar-refractivity contribution in [1.29, 1.82) is 0 Å². The average Bonchev–Trinajstić information content (AvgIpc) is 3.27. The maximum Gasteiger partial charge on any atom is 0.306 e. The Labute approximate surface area is 381 Å². The molecule has 0 rings (SSSR count). The first-order valence-corrected chi connectivity index (χ1v) is 25.2. The zero-order chi connectivity index (χ0) is 45.1. The van der Waals surface area contributed by atoms with Gasteiger partial charge >= 0.3 is 17.9 Å². The van der Waals surface area contributed by atoms with Crippen LogP contribution in [0.2, 0.25) is 0 Å². The lowest BCUT2D eigenvalue weighted by Crippen LogP contribution is -2.30. The number of rotatable bonds is 44. The Kier molecular flexibility index (Phi) is 47.0. The molecule has 0 aliphatic heterocycles. The first kappa shape index (κ1) is 58.3. The van der Waals surface area contributed by atoms with Gasteiger partial charge < -0.3 is 14.2 Å². The number of carbonyl (C=O) groups is 3. The topological polar surface area (TPSA) is 78.9 Å². The highest BCUT2D eigenvalue weighted by Gasteiger charge is 2.19. The van der Waals surface area contributed by atoms with Crippen molar-refractivity contribution in [3.63, 3.8) is 0 Å². The highest BCUT2D eigenvalue weighted by molar-refractivity contribution is 5.71. The van der Waals surface area contributed by atoms with Gasteiger partial charge in [0, 0.05) is 19.3 Å². The lowest BCUT2D eigenvalue weighted by molar-refractivity contribution is -0.166. The molecule has 0 radical (unpaired) electrons.